The number of nitrogens with one attached hydrogen (secondary N) is 1. The van der Waals surface area contributed by atoms with E-state index in [9.17, 15) is 9.90 Å². The van der Waals surface area contributed by atoms with E-state index in [-0.39, 0.29) is 18.2 Å². The van der Waals surface area contributed by atoms with Gasteiger partial charge in [-0.25, -0.2) is 4.98 Å². The zero-order chi connectivity index (χ0) is 21.3. The third-order valence-corrected chi connectivity index (χ3v) is 5.99. The number of nitrogens with zero attached hydrogens (tertiary/aromatic N) is 5. The first-order chi connectivity index (χ1) is 14.5. The van der Waals surface area contributed by atoms with Gasteiger partial charge in [-0.15, -0.1) is 0 Å². The first-order valence-corrected chi connectivity index (χ1v) is 10.3. The molecular formula is C19H22Cl2N6O3. The molecule has 0 spiro atoms. The monoisotopic (exact) mass is 452 g/mol. The van der Waals surface area contributed by atoms with E-state index in [1.165, 1.54) is 0 Å². The van der Waals surface area contributed by atoms with Gasteiger partial charge in [0.05, 0.1) is 48.6 Å². The summed E-state index contributed by atoms with van der Waals surface area (Å²) in [6, 6.07) is 5.02. The van der Waals surface area contributed by atoms with Crippen LogP contribution in [0.3, 0.4) is 0 Å². The Balaban J connectivity index is 1.62. The van der Waals surface area contributed by atoms with Crippen molar-refractivity contribution in [3.05, 3.63) is 44.8 Å². The molecule has 3 aromatic rings. The summed E-state index contributed by atoms with van der Waals surface area (Å²) in [7, 11) is 1.77. The van der Waals surface area contributed by atoms with Crippen LogP contribution in [0, 0.1) is 0 Å². The van der Waals surface area contributed by atoms with Crippen LogP contribution in [0.15, 0.2) is 29.2 Å². The van der Waals surface area contributed by atoms with Crippen molar-refractivity contribution in [1.82, 2.24) is 24.6 Å². The summed E-state index contributed by atoms with van der Waals surface area (Å²) >= 11 is 12.1. The maximum atomic E-state index is 12.9. The van der Waals surface area contributed by atoms with Gasteiger partial charge in [0.25, 0.3) is 5.56 Å². The van der Waals surface area contributed by atoms with Crippen LogP contribution in [-0.4, -0.2) is 75.8 Å². The van der Waals surface area contributed by atoms with Gasteiger partial charge in [-0.2, -0.15) is 5.10 Å². The van der Waals surface area contributed by atoms with Crippen LogP contribution < -0.4 is 10.5 Å². The number of H-pyrrole nitrogens is 1. The fourth-order valence-electron chi connectivity index (χ4n) is 3.54. The highest BCUT2D eigenvalue weighted by atomic mass is 35.5. The van der Waals surface area contributed by atoms with Crippen LogP contribution in [-0.2, 0) is 11.3 Å². The zero-order valence-corrected chi connectivity index (χ0v) is 17.9. The lowest BCUT2D eigenvalue weighted by molar-refractivity contribution is -0.00158. The number of aliphatic hydroxyl groups excluding tert-OH is 1. The molecule has 0 amide bonds. The lowest BCUT2D eigenvalue weighted by Crippen LogP contribution is -2.47. The molecule has 2 aromatic heterocycles. The third kappa shape index (κ3) is 4.17. The second-order valence-electron chi connectivity index (χ2n) is 7.09. The second-order valence-corrected chi connectivity index (χ2v) is 7.91. The average molecular weight is 453 g/mol. The molecule has 3 heterocycles. The Bertz CT molecular complexity index is 1100. The van der Waals surface area contributed by atoms with Gasteiger partial charge in [0.1, 0.15) is 5.52 Å². The van der Waals surface area contributed by atoms with E-state index in [1.807, 2.05) is 0 Å². The molecule has 9 nitrogen and oxygen atoms in total. The molecule has 1 aliphatic rings. The quantitative estimate of drug-likeness (QED) is 0.588. The topological polar surface area (TPSA) is 99.5 Å². The summed E-state index contributed by atoms with van der Waals surface area (Å²) in [5.74, 6) is 0.359. The summed E-state index contributed by atoms with van der Waals surface area (Å²) in [4.78, 5) is 24.1. The van der Waals surface area contributed by atoms with E-state index in [0.717, 1.165) is 18.8 Å². The minimum Gasteiger partial charge on any atom is -0.395 e. The Hall–Kier alpha value is -2.17. The molecule has 1 unspecified atom stereocenters. The predicted molar refractivity (Wildman–Crippen MR) is 116 cm³/mol. The number of fused-ring (bicyclic) bond motifs is 1. The highest BCUT2D eigenvalue weighted by molar-refractivity contribution is 6.42. The van der Waals surface area contributed by atoms with Crippen LogP contribution in [0.1, 0.15) is 0 Å². The number of morpholine rings is 1. The molecule has 0 saturated carbocycles. The van der Waals surface area contributed by atoms with Crippen LogP contribution in [0.4, 0.5) is 11.6 Å². The lowest BCUT2D eigenvalue weighted by atomic mass is 10.2. The standard InChI is InChI=1S/C19H22Cl2N6O3/c1-25(12-2-3-14(20)15(21)8-12)19-23-16-9-22-27(17(16)18(29)24-19)10-13(11-28)26-4-6-30-7-5-26/h2-3,8-9,13,28H,4-7,10-11H2,1H3,(H,23,24,29). The highest BCUT2D eigenvalue weighted by Gasteiger charge is 2.23. The van der Waals surface area contributed by atoms with Crippen molar-refractivity contribution in [2.45, 2.75) is 12.6 Å². The molecule has 160 valence electrons. The maximum Gasteiger partial charge on any atom is 0.278 e. The van der Waals surface area contributed by atoms with E-state index in [0.29, 0.717) is 46.8 Å². The van der Waals surface area contributed by atoms with E-state index in [1.54, 1.807) is 41.0 Å². The van der Waals surface area contributed by atoms with Gasteiger partial charge >= 0.3 is 0 Å². The fraction of sp³-hybridized carbons (Fsp3) is 0.421. The number of ether oxygens (including phenoxy) is 1. The van der Waals surface area contributed by atoms with E-state index in [2.05, 4.69) is 20.0 Å². The summed E-state index contributed by atoms with van der Waals surface area (Å²) in [6.07, 6.45) is 1.56. The number of halogens is 2. The Morgan fingerprint density at radius 1 is 1.30 bits per heavy atom. The minimum absolute atomic E-state index is 0.0369. The minimum atomic E-state index is -0.307. The van der Waals surface area contributed by atoms with Crippen LogP contribution in [0.25, 0.3) is 11.0 Å². The molecule has 0 aliphatic carbocycles. The molecule has 1 fully saturated rings. The third-order valence-electron chi connectivity index (χ3n) is 5.25. The van der Waals surface area contributed by atoms with Gasteiger partial charge in [0.2, 0.25) is 5.95 Å². The number of benzene rings is 1. The summed E-state index contributed by atoms with van der Waals surface area (Å²) in [6.45, 7) is 3.07. The number of aromatic nitrogens is 4. The fourth-order valence-corrected chi connectivity index (χ4v) is 3.83. The number of anilines is 2. The highest BCUT2D eigenvalue weighted by Crippen LogP contribution is 2.29. The van der Waals surface area contributed by atoms with Crippen LogP contribution in [0.5, 0.6) is 0 Å². The van der Waals surface area contributed by atoms with E-state index >= 15 is 0 Å². The normalized spacial score (nSPS) is 16.1. The van der Waals surface area contributed by atoms with Crippen LogP contribution >= 0.6 is 23.2 Å². The van der Waals surface area contributed by atoms with Gasteiger partial charge in [0.15, 0.2) is 5.52 Å². The predicted octanol–water partition coefficient (Wildman–Crippen LogP) is 1.89. The molecule has 4 rings (SSSR count). The first-order valence-electron chi connectivity index (χ1n) is 9.55. The van der Waals surface area contributed by atoms with Gasteiger partial charge in [-0.1, -0.05) is 23.2 Å². The Morgan fingerprint density at radius 2 is 2.07 bits per heavy atom. The average Bonchev–Trinajstić information content (AvgIpc) is 3.17. The lowest BCUT2D eigenvalue weighted by Gasteiger charge is -2.33. The number of hydrogen-bond donors (Lipinski definition) is 2. The van der Waals surface area contributed by atoms with E-state index < -0.39 is 0 Å². The van der Waals surface area contributed by atoms with Crippen molar-refractivity contribution in [2.24, 2.45) is 0 Å². The largest absolute Gasteiger partial charge is 0.395 e. The summed E-state index contributed by atoms with van der Waals surface area (Å²) in [5, 5.41) is 15.1. The molecule has 11 heteroatoms. The van der Waals surface area contributed by atoms with Crippen molar-refractivity contribution in [3.63, 3.8) is 0 Å². The molecule has 1 atom stereocenters. The molecule has 0 radical (unpaired) electrons. The Labute approximate surface area is 182 Å². The van der Waals surface area contributed by atoms with Gasteiger partial charge in [-0.05, 0) is 18.2 Å². The molecule has 1 aliphatic heterocycles. The summed E-state index contributed by atoms with van der Waals surface area (Å²) in [5.41, 5.74) is 1.26. The SMILES string of the molecule is CN(c1ccc(Cl)c(Cl)c1)c1nc2cnn(CC(CO)N3CCOCC3)c2c(=O)[nH]1. The molecule has 0 bridgehead atoms. The summed E-state index contributed by atoms with van der Waals surface area (Å²) < 4.78 is 6.97. The van der Waals surface area contributed by atoms with Gasteiger partial charge < -0.3 is 14.7 Å². The number of hydrogen-bond acceptors (Lipinski definition) is 7. The Kier molecular flexibility index (Phi) is 6.26. The first kappa shape index (κ1) is 21.1. The number of rotatable bonds is 6. The maximum absolute atomic E-state index is 12.9. The van der Waals surface area contributed by atoms with Crippen molar-refractivity contribution in [3.8, 4) is 0 Å². The second kappa shape index (κ2) is 8.91. The molecule has 2 N–H and O–H groups in total. The molecule has 1 aromatic carbocycles. The van der Waals surface area contributed by atoms with Crippen molar-refractivity contribution in [1.29, 1.82) is 0 Å². The Morgan fingerprint density at radius 3 is 2.77 bits per heavy atom. The molecule has 1 saturated heterocycles. The van der Waals surface area contributed by atoms with Gasteiger partial charge in [0, 0.05) is 25.8 Å². The van der Waals surface area contributed by atoms with Crippen molar-refractivity contribution >= 4 is 45.9 Å². The zero-order valence-electron chi connectivity index (χ0n) is 16.4. The molecular weight excluding hydrogens is 431 g/mol. The number of aromatic amines is 1. The van der Waals surface area contributed by atoms with Gasteiger partial charge in [-0.3, -0.25) is 19.4 Å². The van der Waals surface area contributed by atoms with Crippen molar-refractivity contribution in [2.75, 3.05) is 44.9 Å². The van der Waals surface area contributed by atoms with E-state index in [4.69, 9.17) is 27.9 Å². The number of aliphatic hydroxyl groups is 1. The smallest absolute Gasteiger partial charge is 0.278 e. The van der Waals surface area contributed by atoms with Crippen molar-refractivity contribution < 1.29 is 9.84 Å². The van der Waals surface area contributed by atoms with Crippen LogP contribution in [0.2, 0.25) is 10.0 Å². The molecule has 30 heavy (non-hydrogen) atoms.